The molecule has 0 atom stereocenters. The molecule has 1 aliphatic rings. The maximum absolute atomic E-state index is 5.39. The van der Waals surface area contributed by atoms with Gasteiger partial charge in [0.2, 0.25) is 0 Å². The first-order valence-electron chi connectivity index (χ1n) is 6.93. The van der Waals surface area contributed by atoms with Gasteiger partial charge in [0.05, 0.1) is 11.4 Å². The Balaban J connectivity index is 1.84. The molecule has 4 heteroatoms. The first kappa shape index (κ1) is 14.5. The van der Waals surface area contributed by atoms with Crippen LogP contribution in [0.4, 0.5) is 0 Å². The quantitative estimate of drug-likeness (QED) is 0.852. The van der Waals surface area contributed by atoms with Gasteiger partial charge in [-0.3, -0.25) is 9.80 Å². The Morgan fingerprint density at radius 2 is 2.00 bits per heavy atom. The lowest BCUT2D eigenvalue weighted by atomic mass is 10.2. The molecule has 0 unspecified atom stereocenters. The van der Waals surface area contributed by atoms with Crippen molar-refractivity contribution in [3.05, 3.63) is 21.9 Å². The van der Waals surface area contributed by atoms with Crippen LogP contribution >= 0.6 is 11.3 Å². The Labute approximate surface area is 120 Å². The van der Waals surface area contributed by atoms with E-state index in [2.05, 4.69) is 47.6 Å². The van der Waals surface area contributed by atoms with Gasteiger partial charge >= 0.3 is 0 Å². The summed E-state index contributed by atoms with van der Waals surface area (Å²) < 4.78 is 0. The van der Waals surface area contributed by atoms with Crippen LogP contribution in [0.15, 0.2) is 12.1 Å². The van der Waals surface area contributed by atoms with Gasteiger partial charge in [-0.2, -0.15) is 0 Å². The minimum atomic E-state index is 0.435. The lowest BCUT2D eigenvalue weighted by Crippen LogP contribution is -2.48. The third-order valence-corrected chi connectivity index (χ3v) is 4.48. The average molecular weight is 277 g/mol. The molecule has 0 radical (unpaired) electrons. The predicted octanol–water partition coefficient (Wildman–Crippen LogP) is 1.58. The summed E-state index contributed by atoms with van der Waals surface area (Å²) in [6.07, 6.45) is 0. The molecule has 19 heavy (non-hydrogen) atoms. The Kier molecular flexibility index (Phi) is 5.41. The largest absolute Gasteiger partial charge is 0.320 e. The second kappa shape index (κ2) is 7.06. The third kappa shape index (κ3) is 4.32. The van der Waals surface area contributed by atoms with E-state index in [1.807, 2.05) is 0 Å². The molecule has 1 saturated heterocycles. The number of thiophene rings is 1. The number of rotatable bonds is 3. The summed E-state index contributed by atoms with van der Waals surface area (Å²) in [6.45, 7) is 10.7. The van der Waals surface area contributed by atoms with Crippen molar-refractivity contribution in [2.45, 2.75) is 26.4 Å². The number of piperazine rings is 1. The standard InChI is InChI=1S/C15H23N3S/c1-13(2)18-10-8-17(9-11-18)12-15-6-5-14(19-15)4-3-7-16/h5-6,13H,7-12,16H2,1-2H3. The van der Waals surface area contributed by atoms with Crippen LogP contribution in [0.25, 0.3) is 0 Å². The Hall–Kier alpha value is -0.860. The number of hydrogen-bond acceptors (Lipinski definition) is 4. The minimum absolute atomic E-state index is 0.435. The third-order valence-electron chi connectivity index (χ3n) is 3.49. The van der Waals surface area contributed by atoms with Gasteiger partial charge in [-0.05, 0) is 26.0 Å². The van der Waals surface area contributed by atoms with E-state index in [4.69, 9.17) is 5.73 Å². The van der Waals surface area contributed by atoms with Crippen LogP contribution in [0.5, 0.6) is 0 Å². The van der Waals surface area contributed by atoms with Crippen LogP contribution in [-0.2, 0) is 6.54 Å². The molecule has 1 fully saturated rings. The first-order chi connectivity index (χ1) is 9.19. The van der Waals surface area contributed by atoms with Gasteiger partial charge in [-0.1, -0.05) is 11.8 Å². The highest BCUT2D eigenvalue weighted by molar-refractivity contribution is 7.12. The van der Waals surface area contributed by atoms with Gasteiger partial charge in [0.25, 0.3) is 0 Å². The highest BCUT2D eigenvalue weighted by atomic mass is 32.1. The van der Waals surface area contributed by atoms with Gasteiger partial charge in [-0.25, -0.2) is 0 Å². The maximum Gasteiger partial charge on any atom is 0.0772 e. The fraction of sp³-hybridized carbons (Fsp3) is 0.600. The molecule has 0 aliphatic carbocycles. The van der Waals surface area contributed by atoms with Gasteiger partial charge in [0.15, 0.2) is 0 Å². The molecule has 0 spiro atoms. The van der Waals surface area contributed by atoms with Crippen molar-refractivity contribution in [3.63, 3.8) is 0 Å². The molecule has 1 aliphatic heterocycles. The van der Waals surface area contributed by atoms with E-state index in [1.54, 1.807) is 11.3 Å². The van der Waals surface area contributed by atoms with Crippen LogP contribution < -0.4 is 5.73 Å². The van der Waals surface area contributed by atoms with Crippen LogP contribution in [-0.4, -0.2) is 48.6 Å². The van der Waals surface area contributed by atoms with Crippen molar-refractivity contribution in [2.75, 3.05) is 32.7 Å². The Morgan fingerprint density at radius 3 is 2.63 bits per heavy atom. The first-order valence-corrected chi connectivity index (χ1v) is 7.74. The van der Waals surface area contributed by atoms with Gasteiger partial charge < -0.3 is 5.73 Å². The van der Waals surface area contributed by atoms with E-state index in [1.165, 1.54) is 31.1 Å². The van der Waals surface area contributed by atoms with Crippen LogP contribution in [0, 0.1) is 11.8 Å². The van der Waals surface area contributed by atoms with E-state index in [-0.39, 0.29) is 0 Å². The molecule has 0 bridgehead atoms. The van der Waals surface area contributed by atoms with Crippen LogP contribution in [0.3, 0.4) is 0 Å². The minimum Gasteiger partial charge on any atom is -0.320 e. The number of hydrogen-bond donors (Lipinski definition) is 1. The Bertz CT molecular complexity index is 447. The average Bonchev–Trinajstić information content (AvgIpc) is 2.84. The number of nitrogens with zero attached hydrogens (tertiary/aromatic N) is 2. The monoisotopic (exact) mass is 277 g/mol. The lowest BCUT2D eigenvalue weighted by molar-refractivity contribution is 0.105. The lowest BCUT2D eigenvalue weighted by Gasteiger charge is -2.36. The van der Waals surface area contributed by atoms with E-state index in [0.29, 0.717) is 12.6 Å². The van der Waals surface area contributed by atoms with Crippen molar-refractivity contribution in [2.24, 2.45) is 5.73 Å². The van der Waals surface area contributed by atoms with E-state index >= 15 is 0 Å². The molecule has 2 N–H and O–H groups in total. The summed E-state index contributed by atoms with van der Waals surface area (Å²) in [5.41, 5.74) is 5.39. The van der Waals surface area contributed by atoms with Crippen molar-refractivity contribution in [3.8, 4) is 11.8 Å². The molecule has 2 heterocycles. The summed E-state index contributed by atoms with van der Waals surface area (Å²) in [6, 6.07) is 4.97. The fourth-order valence-corrected chi connectivity index (χ4v) is 3.25. The topological polar surface area (TPSA) is 32.5 Å². The van der Waals surface area contributed by atoms with Crippen molar-refractivity contribution >= 4 is 11.3 Å². The van der Waals surface area contributed by atoms with E-state index < -0.39 is 0 Å². The molecule has 1 aromatic heterocycles. The van der Waals surface area contributed by atoms with Gasteiger partial charge in [0.1, 0.15) is 0 Å². The fourth-order valence-electron chi connectivity index (χ4n) is 2.33. The molecule has 0 amide bonds. The van der Waals surface area contributed by atoms with Crippen molar-refractivity contribution < 1.29 is 0 Å². The smallest absolute Gasteiger partial charge is 0.0772 e. The maximum atomic E-state index is 5.39. The van der Waals surface area contributed by atoms with Gasteiger partial charge in [-0.15, -0.1) is 11.3 Å². The normalized spacial score (nSPS) is 17.5. The van der Waals surface area contributed by atoms with Gasteiger partial charge in [0, 0.05) is 43.6 Å². The zero-order valence-electron chi connectivity index (χ0n) is 11.9. The molecule has 3 nitrogen and oxygen atoms in total. The van der Waals surface area contributed by atoms with E-state index in [9.17, 15) is 0 Å². The molecular weight excluding hydrogens is 254 g/mol. The summed E-state index contributed by atoms with van der Waals surface area (Å²) >= 11 is 1.79. The summed E-state index contributed by atoms with van der Waals surface area (Å²) in [5.74, 6) is 6.01. The molecule has 104 valence electrons. The highest BCUT2D eigenvalue weighted by Crippen LogP contribution is 2.18. The number of nitrogens with two attached hydrogens (primary N) is 1. The molecule has 1 aromatic rings. The summed E-state index contributed by atoms with van der Waals surface area (Å²) in [5, 5.41) is 0. The molecule has 0 saturated carbocycles. The summed E-state index contributed by atoms with van der Waals surface area (Å²) in [7, 11) is 0. The molecule has 0 aromatic carbocycles. The molecular formula is C15H23N3S. The molecule has 2 rings (SSSR count). The second-order valence-corrected chi connectivity index (χ2v) is 6.35. The van der Waals surface area contributed by atoms with E-state index in [0.717, 1.165) is 11.4 Å². The van der Waals surface area contributed by atoms with Crippen molar-refractivity contribution in [1.29, 1.82) is 0 Å². The zero-order valence-corrected chi connectivity index (χ0v) is 12.7. The summed E-state index contributed by atoms with van der Waals surface area (Å²) in [4.78, 5) is 7.61. The second-order valence-electron chi connectivity index (χ2n) is 5.18. The Morgan fingerprint density at radius 1 is 1.26 bits per heavy atom. The van der Waals surface area contributed by atoms with Crippen LogP contribution in [0.2, 0.25) is 0 Å². The zero-order chi connectivity index (χ0) is 13.7. The SMILES string of the molecule is CC(C)N1CCN(Cc2ccc(C#CCN)s2)CC1. The van der Waals surface area contributed by atoms with Crippen molar-refractivity contribution in [1.82, 2.24) is 9.80 Å². The predicted molar refractivity (Wildman–Crippen MR) is 82.2 cm³/mol. The van der Waals surface area contributed by atoms with Crippen LogP contribution in [0.1, 0.15) is 23.6 Å². The highest BCUT2D eigenvalue weighted by Gasteiger charge is 2.18.